The minimum Gasteiger partial charge on any atom is -0.496 e. The van der Waals surface area contributed by atoms with Gasteiger partial charge in [0.1, 0.15) is 5.75 Å². The molecule has 0 aromatic heterocycles. The summed E-state index contributed by atoms with van der Waals surface area (Å²) in [6.45, 7) is 2.36. The second-order valence-electron chi connectivity index (χ2n) is 5.14. The lowest BCUT2D eigenvalue weighted by Gasteiger charge is -2.10. The van der Waals surface area contributed by atoms with Gasteiger partial charge in [-0.05, 0) is 23.9 Å². The number of carbonyl (C=O) groups excluding carboxylic acids is 2. The van der Waals surface area contributed by atoms with Gasteiger partial charge in [0, 0.05) is 11.9 Å². The molecular weight excluding hydrogens is 294 g/mol. The molecule has 0 bridgehead atoms. The summed E-state index contributed by atoms with van der Waals surface area (Å²) in [6.07, 6.45) is 1.90. The summed E-state index contributed by atoms with van der Waals surface area (Å²) in [5.74, 6) is -0.117. The highest BCUT2D eigenvalue weighted by Crippen LogP contribution is 2.28. The van der Waals surface area contributed by atoms with E-state index in [1.165, 1.54) is 0 Å². The summed E-state index contributed by atoms with van der Waals surface area (Å²) >= 11 is 0. The van der Waals surface area contributed by atoms with Crippen molar-refractivity contribution in [2.24, 2.45) is 0 Å². The molecule has 0 heterocycles. The van der Waals surface area contributed by atoms with Crippen molar-refractivity contribution in [3.8, 4) is 5.75 Å². The molecule has 0 aliphatic heterocycles. The van der Waals surface area contributed by atoms with Gasteiger partial charge in [0.05, 0.1) is 12.7 Å². The van der Waals surface area contributed by atoms with Crippen LogP contribution in [-0.2, 0) is 9.53 Å². The molecule has 0 unspecified atom stereocenters. The van der Waals surface area contributed by atoms with Crippen LogP contribution in [0.4, 0.5) is 0 Å². The number of carbonyl (C=O) groups is 2. The van der Waals surface area contributed by atoms with Gasteiger partial charge >= 0.3 is 5.97 Å². The molecule has 0 saturated heterocycles. The summed E-state index contributed by atoms with van der Waals surface area (Å²) in [4.78, 5) is 23.9. The molecule has 1 N–H and O–H groups in total. The highest BCUT2D eigenvalue weighted by atomic mass is 16.5. The molecule has 2 aromatic rings. The average molecular weight is 315 g/mol. The van der Waals surface area contributed by atoms with Crippen LogP contribution in [0.5, 0.6) is 5.75 Å². The number of fused-ring (bicyclic) bond motifs is 1. The molecule has 0 aliphatic rings. The zero-order valence-electron chi connectivity index (χ0n) is 13.4. The number of methoxy groups -OCH3 is 1. The van der Waals surface area contributed by atoms with Gasteiger partial charge in [0.2, 0.25) is 0 Å². The number of hydrogen-bond acceptors (Lipinski definition) is 4. The maximum absolute atomic E-state index is 12.2. The fourth-order valence-electron chi connectivity index (χ4n) is 2.29. The van der Waals surface area contributed by atoms with Crippen LogP contribution in [0.3, 0.4) is 0 Å². The van der Waals surface area contributed by atoms with Crippen LogP contribution in [-0.4, -0.2) is 32.1 Å². The molecule has 5 nitrogen and oxygen atoms in total. The Hall–Kier alpha value is -2.56. The Kier molecular flexibility index (Phi) is 5.97. The van der Waals surface area contributed by atoms with E-state index in [1.807, 2.05) is 31.2 Å². The third-order valence-electron chi connectivity index (χ3n) is 3.51. The third-order valence-corrected chi connectivity index (χ3v) is 3.51. The van der Waals surface area contributed by atoms with Gasteiger partial charge in [-0.15, -0.1) is 0 Å². The number of benzene rings is 2. The van der Waals surface area contributed by atoms with Crippen molar-refractivity contribution in [1.29, 1.82) is 0 Å². The van der Waals surface area contributed by atoms with Crippen LogP contribution >= 0.6 is 0 Å². The van der Waals surface area contributed by atoms with E-state index in [0.29, 0.717) is 17.9 Å². The lowest BCUT2D eigenvalue weighted by Crippen LogP contribution is -2.29. The zero-order chi connectivity index (χ0) is 16.7. The molecule has 0 atom stereocenters. The van der Waals surface area contributed by atoms with E-state index >= 15 is 0 Å². The summed E-state index contributed by atoms with van der Waals surface area (Å²) in [7, 11) is 1.58. The molecule has 0 aliphatic carbocycles. The monoisotopic (exact) mass is 315 g/mol. The Morgan fingerprint density at radius 1 is 1.09 bits per heavy atom. The fraction of sp³-hybridized carbons (Fsp3) is 0.333. The molecule has 0 radical (unpaired) electrons. The summed E-state index contributed by atoms with van der Waals surface area (Å²) in [6, 6.07) is 10.8. The van der Waals surface area contributed by atoms with E-state index in [-0.39, 0.29) is 12.5 Å². The van der Waals surface area contributed by atoms with Gasteiger partial charge in [-0.25, -0.2) is 4.79 Å². The summed E-state index contributed by atoms with van der Waals surface area (Å²) in [5.41, 5.74) is 0.419. The Balaban J connectivity index is 2.08. The van der Waals surface area contributed by atoms with Gasteiger partial charge in [-0.2, -0.15) is 0 Å². The summed E-state index contributed by atoms with van der Waals surface area (Å²) in [5, 5.41) is 4.28. The van der Waals surface area contributed by atoms with Crippen molar-refractivity contribution in [3.05, 3.63) is 42.0 Å². The number of ether oxygens (including phenoxy) is 2. The smallest absolute Gasteiger partial charge is 0.339 e. The van der Waals surface area contributed by atoms with Gasteiger partial charge in [0.25, 0.3) is 5.91 Å². The van der Waals surface area contributed by atoms with Crippen molar-refractivity contribution < 1.29 is 19.1 Å². The fourth-order valence-corrected chi connectivity index (χ4v) is 2.29. The van der Waals surface area contributed by atoms with Crippen LogP contribution in [0, 0.1) is 0 Å². The van der Waals surface area contributed by atoms with Gasteiger partial charge in [-0.3, -0.25) is 4.79 Å². The van der Waals surface area contributed by atoms with Gasteiger partial charge < -0.3 is 14.8 Å². The molecule has 0 saturated carbocycles. The van der Waals surface area contributed by atoms with Crippen molar-refractivity contribution in [1.82, 2.24) is 5.32 Å². The molecule has 2 rings (SSSR count). The SMILES string of the molecule is CCCCNC(=O)COC(=O)c1ccc(OC)c2ccccc12. The van der Waals surface area contributed by atoms with Gasteiger partial charge in [0.15, 0.2) is 6.61 Å². The largest absolute Gasteiger partial charge is 0.496 e. The standard InChI is InChI=1S/C18H21NO4/c1-3-4-11-19-17(20)12-23-18(21)15-9-10-16(22-2)14-8-6-5-7-13(14)15/h5-10H,3-4,11-12H2,1-2H3,(H,19,20). The van der Waals surface area contributed by atoms with E-state index in [0.717, 1.165) is 23.6 Å². The average Bonchev–Trinajstić information content (AvgIpc) is 2.59. The topological polar surface area (TPSA) is 64.6 Å². The van der Waals surface area contributed by atoms with Crippen molar-refractivity contribution in [2.75, 3.05) is 20.3 Å². The molecular formula is C18H21NO4. The first-order chi connectivity index (χ1) is 11.2. The zero-order valence-corrected chi connectivity index (χ0v) is 13.4. The Morgan fingerprint density at radius 2 is 1.83 bits per heavy atom. The van der Waals surface area contributed by atoms with Crippen LogP contribution in [0.2, 0.25) is 0 Å². The molecule has 1 amide bonds. The number of rotatable bonds is 7. The van der Waals surface area contributed by atoms with Gasteiger partial charge in [-0.1, -0.05) is 37.6 Å². The lowest BCUT2D eigenvalue weighted by molar-refractivity contribution is -0.124. The van der Waals surface area contributed by atoms with Crippen molar-refractivity contribution >= 4 is 22.6 Å². The molecule has 5 heteroatoms. The predicted octanol–water partition coefficient (Wildman–Crippen LogP) is 2.92. The minimum absolute atomic E-state index is 0.275. The first-order valence-corrected chi connectivity index (χ1v) is 7.67. The predicted molar refractivity (Wildman–Crippen MR) is 88.7 cm³/mol. The van der Waals surface area contributed by atoms with E-state index in [2.05, 4.69) is 5.32 Å². The highest BCUT2D eigenvalue weighted by molar-refractivity contribution is 6.06. The number of nitrogens with one attached hydrogen (secondary N) is 1. The lowest BCUT2D eigenvalue weighted by atomic mass is 10.0. The normalized spacial score (nSPS) is 10.3. The first-order valence-electron chi connectivity index (χ1n) is 7.67. The number of esters is 1. The number of hydrogen-bond donors (Lipinski definition) is 1. The Morgan fingerprint density at radius 3 is 2.52 bits per heavy atom. The minimum atomic E-state index is -0.519. The Bertz CT molecular complexity index is 696. The second-order valence-corrected chi connectivity index (χ2v) is 5.14. The van der Waals surface area contributed by atoms with E-state index in [4.69, 9.17) is 9.47 Å². The highest BCUT2D eigenvalue weighted by Gasteiger charge is 2.15. The van der Waals surface area contributed by atoms with E-state index in [9.17, 15) is 9.59 Å². The van der Waals surface area contributed by atoms with Crippen molar-refractivity contribution in [3.63, 3.8) is 0 Å². The molecule has 0 fully saturated rings. The third kappa shape index (κ3) is 4.22. The maximum atomic E-state index is 12.2. The van der Waals surface area contributed by atoms with Crippen LogP contribution in [0.25, 0.3) is 10.8 Å². The summed E-state index contributed by atoms with van der Waals surface area (Å²) < 4.78 is 10.4. The quantitative estimate of drug-likeness (QED) is 0.630. The maximum Gasteiger partial charge on any atom is 0.339 e. The molecule has 0 spiro atoms. The van der Waals surface area contributed by atoms with Crippen LogP contribution in [0.15, 0.2) is 36.4 Å². The first kappa shape index (κ1) is 16.8. The molecule has 122 valence electrons. The Labute approximate surface area is 135 Å². The second kappa shape index (κ2) is 8.17. The number of amides is 1. The number of unbranched alkanes of at least 4 members (excludes halogenated alkanes) is 1. The molecule has 2 aromatic carbocycles. The van der Waals surface area contributed by atoms with E-state index < -0.39 is 5.97 Å². The molecule has 23 heavy (non-hydrogen) atoms. The van der Waals surface area contributed by atoms with E-state index in [1.54, 1.807) is 19.2 Å². The van der Waals surface area contributed by atoms with Crippen LogP contribution < -0.4 is 10.1 Å². The van der Waals surface area contributed by atoms with Crippen molar-refractivity contribution in [2.45, 2.75) is 19.8 Å². The van der Waals surface area contributed by atoms with Crippen LogP contribution in [0.1, 0.15) is 30.1 Å².